The van der Waals surface area contributed by atoms with Crippen molar-refractivity contribution < 1.29 is 14.3 Å². The molecule has 0 unspecified atom stereocenters. The number of methoxy groups -OCH3 is 2. The fourth-order valence-electron chi connectivity index (χ4n) is 3.19. The number of benzene rings is 2. The first kappa shape index (κ1) is 22.8. The van der Waals surface area contributed by atoms with E-state index < -0.39 is 0 Å². The van der Waals surface area contributed by atoms with E-state index in [4.69, 9.17) is 9.47 Å². The Morgan fingerprint density at radius 1 is 1.14 bits per heavy atom. The normalized spacial score (nSPS) is 12.7. The van der Waals surface area contributed by atoms with E-state index in [1.807, 2.05) is 43.3 Å². The number of hydrogen-bond acceptors (Lipinski definition) is 4. The van der Waals surface area contributed by atoms with Crippen LogP contribution in [0.1, 0.15) is 12.5 Å². The van der Waals surface area contributed by atoms with Crippen LogP contribution in [0.3, 0.4) is 0 Å². The number of amides is 1. The molecule has 7 nitrogen and oxygen atoms in total. The molecule has 1 amide bonds. The van der Waals surface area contributed by atoms with Gasteiger partial charge >= 0.3 is 0 Å². The molecule has 0 aliphatic carbocycles. The minimum Gasteiger partial charge on any atom is -0.493 e. The van der Waals surface area contributed by atoms with Crippen LogP contribution >= 0.6 is 24.0 Å². The number of carbonyl (C=O) groups excluding carboxylic acids is 1. The lowest BCUT2D eigenvalue weighted by molar-refractivity contribution is -0.117. The lowest BCUT2D eigenvalue weighted by Gasteiger charge is -2.17. The van der Waals surface area contributed by atoms with Gasteiger partial charge in [-0.15, -0.1) is 24.0 Å². The van der Waals surface area contributed by atoms with Crippen molar-refractivity contribution in [3.63, 3.8) is 0 Å². The first-order chi connectivity index (χ1) is 13.7. The number of nitrogens with one attached hydrogen (secondary N) is 2. The van der Waals surface area contributed by atoms with Gasteiger partial charge in [-0.1, -0.05) is 18.2 Å². The number of aliphatic imine (C=N–C) groups is 1. The van der Waals surface area contributed by atoms with E-state index in [9.17, 15) is 4.79 Å². The first-order valence-electron chi connectivity index (χ1n) is 9.32. The van der Waals surface area contributed by atoms with Crippen molar-refractivity contribution in [2.24, 2.45) is 4.99 Å². The number of hydrogen-bond donors (Lipinski definition) is 2. The molecule has 0 spiro atoms. The molecule has 0 radical (unpaired) electrons. The predicted octanol–water partition coefficient (Wildman–Crippen LogP) is 3.29. The summed E-state index contributed by atoms with van der Waals surface area (Å²) in [7, 11) is 3.19. The third-order valence-corrected chi connectivity index (χ3v) is 4.55. The number of ether oxygens (including phenoxy) is 2. The van der Waals surface area contributed by atoms with Crippen LogP contribution < -0.4 is 25.0 Å². The second-order valence-electron chi connectivity index (χ2n) is 6.31. The molecule has 2 aromatic carbocycles. The van der Waals surface area contributed by atoms with Crippen LogP contribution in [0.2, 0.25) is 0 Å². The van der Waals surface area contributed by atoms with Gasteiger partial charge in [0.2, 0.25) is 5.91 Å². The van der Waals surface area contributed by atoms with Crippen LogP contribution in [0.4, 0.5) is 11.4 Å². The van der Waals surface area contributed by atoms with Crippen molar-refractivity contribution in [2.45, 2.75) is 13.3 Å². The van der Waals surface area contributed by atoms with E-state index in [0.29, 0.717) is 30.5 Å². The Morgan fingerprint density at radius 3 is 2.62 bits per heavy atom. The first-order valence-corrected chi connectivity index (χ1v) is 9.32. The smallest absolute Gasteiger partial charge is 0.248 e. The van der Waals surface area contributed by atoms with Crippen LogP contribution in [0, 0.1) is 0 Å². The van der Waals surface area contributed by atoms with Gasteiger partial charge in [-0.3, -0.25) is 4.79 Å². The van der Waals surface area contributed by atoms with Crippen LogP contribution in [-0.4, -0.2) is 45.7 Å². The molecule has 1 aliphatic rings. The minimum atomic E-state index is -0.0190. The monoisotopic (exact) mass is 510 g/mol. The average molecular weight is 510 g/mol. The number of rotatable bonds is 6. The lowest BCUT2D eigenvalue weighted by atomic mass is 10.2. The highest BCUT2D eigenvalue weighted by Crippen LogP contribution is 2.30. The molecule has 1 aliphatic heterocycles. The Morgan fingerprint density at radius 2 is 1.90 bits per heavy atom. The van der Waals surface area contributed by atoms with Gasteiger partial charge < -0.3 is 25.0 Å². The van der Waals surface area contributed by atoms with E-state index in [0.717, 1.165) is 17.8 Å². The Bertz CT molecular complexity index is 873. The van der Waals surface area contributed by atoms with Gasteiger partial charge in [-0.05, 0) is 37.1 Å². The summed E-state index contributed by atoms with van der Waals surface area (Å²) in [6, 6.07) is 13.5. The summed E-state index contributed by atoms with van der Waals surface area (Å²) in [5.41, 5.74) is 2.98. The van der Waals surface area contributed by atoms with Gasteiger partial charge in [-0.2, -0.15) is 0 Å². The molecule has 0 saturated heterocycles. The van der Waals surface area contributed by atoms with Crippen LogP contribution in [0.25, 0.3) is 0 Å². The van der Waals surface area contributed by atoms with E-state index >= 15 is 0 Å². The van der Waals surface area contributed by atoms with Crippen LogP contribution in [0.5, 0.6) is 11.5 Å². The van der Waals surface area contributed by atoms with Crippen LogP contribution in [0.15, 0.2) is 47.5 Å². The number of halogens is 1. The van der Waals surface area contributed by atoms with E-state index in [2.05, 4.69) is 21.7 Å². The number of anilines is 2. The van der Waals surface area contributed by atoms with Crippen molar-refractivity contribution in [1.82, 2.24) is 5.32 Å². The van der Waals surface area contributed by atoms with Crippen molar-refractivity contribution in [3.05, 3.63) is 48.0 Å². The molecular formula is C21H27IN4O3. The van der Waals surface area contributed by atoms with E-state index in [1.54, 1.807) is 19.1 Å². The highest BCUT2D eigenvalue weighted by molar-refractivity contribution is 14.0. The minimum absolute atomic E-state index is 0. The zero-order chi connectivity index (χ0) is 19.9. The van der Waals surface area contributed by atoms with Gasteiger partial charge in [0.15, 0.2) is 17.5 Å². The molecule has 3 rings (SSSR count). The molecule has 0 fully saturated rings. The third-order valence-electron chi connectivity index (χ3n) is 4.55. The van der Waals surface area contributed by atoms with E-state index in [-0.39, 0.29) is 36.4 Å². The molecule has 156 valence electrons. The summed E-state index contributed by atoms with van der Waals surface area (Å²) in [6.45, 7) is 3.43. The predicted molar refractivity (Wildman–Crippen MR) is 127 cm³/mol. The zero-order valence-corrected chi connectivity index (χ0v) is 19.2. The zero-order valence-electron chi connectivity index (χ0n) is 16.9. The summed E-state index contributed by atoms with van der Waals surface area (Å²) in [5, 5.41) is 6.36. The highest BCUT2D eigenvalue weighted by Gasteiger charge is 2.23. The molecule has 0 saturated carbocycles. The quantitative estimate of drug-likeness (QED) is 0.355. The maximum Gasteiger partial charge on any atom is 0.248 e. The molecule has 0 aromatic heterocycles. The second-order valence-corrected chi connectivity index (χ2v) is 6.31. The summed E-state index contributed by atoms with van der Waals surface area (Å²) in [5.74, 6) is 1.79. The molecule has 1 heterocycles. The maximum atomic E-state index is 12.7. The fourth-order valence-corrected chi connectivity index (χ4v) is 3.19. The number of nitrogens with zero attached hydrogens (tertiary/aromatic N) is 2. The van der Waals surface area contributed by atoms with Gasteiger partial charge in [0.05, 0.1) is 14.2 Å². The van der Waals surface area contributed by atoms with Gasteiger partial charge in [0.1, 0.15) is 6.54 Å². The topological polar surface area (TPSA) is 75.2 Å². The fraction of sp³-hybridized carbons (Fsp3) is 0.333. The standard InChI is InChI=1S/C21H26N4O3.HI/c1-4-22-21(24-16-9-10-18(27-2)19(13-16)28-3)23-14-20(26)25-12-11-15-7-5-6-8-17(15)25;/h5-10,13H,4,11-12,14H2,1-3H3,(H2,22,23,24);1H. The number of guanidine groups is 1. The molecule has 2 aromatic rings. The Labute approximate surface area is 188 Å². The number of fused-ring (bicyclic) bond motifs is 1. The van der Waals surface area contributed by atoms with Crippen LogP contribution in [-0.2, 0) is 11.2 Å². The second kappa shape index (κ2) is 10.9. The van der Waals surface area contributed by atoms with E-state index in [1.165, 1.54) is 5.56 Å². The molecule has 0 atom stereocenters. The van der Waals surface area contributed by atoms with Crippen molar-refractivity contribution >= 4 is 47.2 Å². The Balaban J connectivity index is 0.00000300. The molecular weight excluding hydrogens is 483 g/mol. The Kier molecular flexibility index (Phi) is 8.56. The summed E-state index contributed by atoms with van der Waals surface area (Å²) < 4.78 is 10.6. The van der Waals surface area contributed by atoms with Crippen molar-refractivity contribution in [3.8, 4) is 11.5 Å². The molecule has 0 bridgehead atoms. The lowest BCUT2D eigenvalue weighted by Crippen LogP contribution is -2.34. The largest absolute Gasteiger partial charge is 0.493 e. The summed E-state index contributed by atoms with van der Waals surface area (Å²) in [4.78, 5) is 18.9. The average Bonchev–Trinajstić information content (AvgIpc) is 3.16. The molecule has 8 heteroatoms. The Hall–Kier alpha value is -2.49. The number of carbonyl (C=O) groups is 1. The molecule has 2 N–H and O–H groups in total. The SMILES string of the molecule is CCNC(=NCC(=O)N1CCc2ccccc21)Nc1ccc(OC)c(OC)c1.I. The van der Waals surface area contributed by atoms with Gasteiger partial charge in [0.25, 0.3) is 0 Å². The highest BCUT2D eigenvalue weighted by atomic mass is 127. The summed E-state index contributed by atoms with van der Waals surface area (Å²) >= 11 is 0. The van der Waals surface area contributed by atoms with Crippen molar-refractivity contribution in [1.29, 1.82) is 0 Å². The molecule has 29 heavy (non-hydrogen) atoms. The van der Waals surface area contributed by atoms with Crippen molar-refractivity contribution in [2.75, 3.05) is 44.1 Å². The maximum absolute atomic E-state index is 12.7. The van der Waals surface area contributed by atoms with Gasteiger partial charge in [-0.25, -0.2) is 4.99 Å². The summed E-state index contributed by atoms with van der Waals surface area (Å²) in [6.07, 6.45) is 0.885. The van der Waals surface area contributed by atoms with Gasteiger partial charge in [0, 0.05) is 30.5 Å². The number of para-hydroxylation sites is 1. The third kappa shape index (κ3) is 5.53.